The maximum absolute atomic E-state index is 11.7. The van der Waals surface area contributed by atoms with E-state index in [1.54, 1.807) is 25.1 Å². The molecule has 0 aliphatic carbocycles. The maximum Gasteiger partial charge on any atom is 0.303 e. The van der Waals surface area contributed by atoms with Crippen molar-refractivity contribution in [3.63, 3.8) is 0 Å². The molecular formula is C15H20N2O4. The Kier molecular flexibility index (Phi) is 6.39. The summed E-state index contributed by atoms with van der Waals surface area (Å²) in [5.41, 5.74) is 2.11. The van der Waals surface area contributed by atoms with Gasteiger partial charge in [0, 0.05) is 30.6 Å². The molecule has 3 N–H and O–H groups in total. The van der Waals surface area contributed by atoms with E-state index >= 15 is 0 Å². The first kappa shape index (κ1) is 16.7. The summed E-state index contributed by atoms with van der Waals surface area (Å²) in [5, 5.41) is 14.0. The molecule has 0 saturated carbocycles. The molecule has 1 aromatic rings. The minimum absolute atomic E-state index is 0.0288. The van der Waals surface area contributed by atoms with Crippen molar-refractivity contribution in [3.05, 3.63) is 23.8 Å². The number of aliphatic carboxylic acids is 1. The summed E-state index contributed by atoms with van der Waals surface area (Å²) >= 11 is 0. The van der Waals surface area contributed by atoms with Crippen molar-refractivity contribution in [2.45, 2.75) is 39.5 Å². The topological polar surface area (TPSA) is 95.5 Å². The first-order valence-electron chi connectivity index (χ1n) is 6.84. The van der Waals surface area contributed by atoms with E-state index in [0.29, 0.717) is 24.2 Å². The molecule has 0 aliphatic heterocycles. The molecule has 0 heterocycles. The fraction of sp³-hybridized carbons (Fsp3) is 0.400. The van der Waals surface area contributed by atoms with Crippen molar-refractivity contribution in [2.75, 3.05) is 10.6 Å². The third kappa shape index (κ3) is 6.07. The summed E-state index contributed by atoms with van der Waals surface area (Å²) in [6.45, 7) is 3.60. The van der Waals surface area contributed by atoms with E-state index in [1.165, 1.54) is 0 Å². The largest absolute Gasteiger partial charge is 0.481 e. The number of benzene rings is 1. The highest BCUT2D eigenvalue weighted by Crippen LogP contribution is 2.21. The summed E-state index contributed by atoms with van der Waals surface area (Å²) in [4.78, 5) is 33.5. The molecule has 0 spiro atoms. The van der Waals surface area contributed by atoms with E-state index < -0.39 is 5.97 Å². The number of carbonyl (C=O) groups is 3. The highest BCUT2D eigenvalue weighted by Gasteiger charge is 2.08. The Hall–Kier alpha value is -2.37. The van der Waals surface area contributed by atoms with Crippen LogP contribution in [0.1, 0.15) is 38.2 Å². The molecule has 0 bridgehead atoms. The van der Waals surface area contributed by atoms with Gasteiger partial charge in [-0.2, -0.15) is 0 Å². The van der Waals surface area contributed by atoms with Crippen LogP contribution in [-0.2, 0) is 14.4 Å². The number of hydrogen-bond acceptors (Lipinski definition) is 3. The fourth-order valence-corrected chi connectivity index (χ4v) is 1.70. The van der Waals surface area contributed by atoms with Gasteiger partial charge < -0.3 is 15.7 Å². The second-order valence-electron chi connectivity index (χ2n) is 4.73. The third-order valence-electron chi connectivity index (χ3n) is 2.91. The van der Waals surface area contributed by atoms with Crippen LogP contribution in [0.3, 0.4) is 0 Å². The first-order valence-corrected chi connectivity index (χ1v) is 6.84. The first-order chi connectivity index (χ1) is 9.92. The number of nitrogens with one attached hydrogen (secondary N) is 2. The lowest BCUT2D eigenvalue weighted by Crippen LogP contribution is -2.14. The predicted molar refractivity (Wildman–Crippen MR) is 80.2 cm³/mol. The molecular weight excluding hydrogens is 272 g/mol. The van der Waals surface area contributed by atoms with Crippen molar-refractivity contribution in [1.29, 1.82) is 0 Å². The molecule has 114 valence electrons. The van der Waals surface area contributed by atoms with Gasteiger partial charge in [-0.25, -0.2) is 0 Å². The standard InChI is InChI=1S/C15H20N2O4/c1-3-13(18)16-11-8-7-10(2)12(9-11)17-14(19)5-4-6-15(20)21/h7-9H,3-6H2,1-2H3,(H,16,18)(H,17,19)(H,20,21). The Labute approximate surface area is 123 Å². The van der Waals surface area contributed by atoms with Crippen molar-refractivity contribution < 1.29 is 19.5 Å². The van der Waals surface area contributed by atoms with E-state index in [2.05, 4.69) is 10.6 Å². The number of carbonyl (C=O) groups excluding carboxylic acids is 2. The van der Waals surface area contributed by atoms with Crippen molar-refractivity contribution >= 4 is 29.2 Å². The molecule has 0 aromatic heterocycles. The fourth-order valence-electron chi connectivity index (χ4n) is 1.70. The second-order valence-corrected chi connectivity index (χ2v) is 4.73. The van der Waals surface area contributed by atoms with Gasteiger partial charge in [0.1, 0.15) is 0 Å². The molecule has 0 aliphatic rings. The Morgan fingerprint density at radius 1 is 1.10 bits per heavy atom. The quantitative estimate of drug-likeness (QED) is 0.719. The molecule has 0 atom stereocenters. The van der Waals surface area contributed by atoms with Gasteiger partial charge in [-0.3, -0.25) is 14.4 Å². The maximum atomic E-state index is 11.7. The van der Waals surface area contributed by atoms with Gasteiger partial charge in [0.2, 0.25) is 11.8 Å². The molecule has 0 saturated heterocycles. The van der Waals surface area contributed by atoms with Gasteiger partial charge in [-0.05, 0) is 31.0 Å². The number of aryl methyl sites for hydroxylation is 1. The van der Waals surface area contributed by atoms with Crippen molar-refractivity contribution in [1.82, 2.24) is 0 Å². The van der Waals surface area contributed by atoms with Crippen molar-refractivity contribution in [2.24, 2.45) is 0 Å². The van der Waals surface area contributed by atoms with E-state index in [4.69, 9.17) is 5.11 Å². The van der Waals surface area contributed by atoms with Crippen LogP contribution in [0.2, 0.25) is 0 Å². The van der Waals surface area contributed by atoms with Crippen LogP contribution in [0.25, 0.3) is 0 Å². The SMILES string of the molecule is CCC(=O)Nc1ccc(C)c(NC(=O)CCCC(=O)O)c1. The summed E-state index contributed by atoms with van der Waals surface area (Å²) in [6, 6.07) is 5.26. The molecule has 6 nitrogen and oxygen atoms in total. The molecule has 0 unspecified atom stereocenters. The molecule has 21 heavy (non-hydrogen) atoms. The molecule has 6 heteroatoms. The lowest BCUT2D eigenvalue weighted by molar-refractivity contribution is -0.137. The van der Waals surface area contributed by atoms with Gasteiger partial charge in [0.05, 0.1) is 0 Å². The summed E-state index contributed by atoms with van der Waals surface area (Å²) < 4.78 is 0. The smallest absolute Gasteiger partial charge is 0.303 e. The van der Waals surface area contributed by atoms with Crippen LogP contribution >= 0.6 is 0 Å². The molecule has 0 radical (unpaired) electrons. The van der Waals surface area contributed by atoms with Gasteiger partial charge in [0.25, 0.3) is 0 Å². The summed E-state index contributed by atoms with van der Waals surface area (Å²) in [5.74, 6) is -1.25. The van der Waals surface area contributed by atoms with E-state index in [0.717, 1.165) is 5.56 Å². The normalized spacial score (nSPS) is 10.0. The number of carboxylic acid groups (broad SMARTS) is 1. The zero-order valence-electron chi connectivity index (χ0n) is 12.2. The van der Waals surface area contributed by atoms with E-state index in [1.807, 2.05) is 6.92 Å². The minimum Gasteiger partial charge on any atom is -0.481 e. The number of anilines is 2. The Morgan fingerprint density at radius 3 is 2.43 bits per heavy atom. The number of amides is 2. The lowest BCUT2D eigenvalue weighted by atomic mass is 10.1. The van der Waals surface area contributed by atoms with Gasteiger partial charge >= 0.3 is 5.97 Å². The minimum atomic E-state index is -0.914. The van der Waals surface area contributed by atoms with Crippen LogP contribution in [0.4, 0.5) is 11.4 Å². The summed E-state index contributed by atoms with van der Waals surface area (Å²) in [7, 11) is 0. The average Bonchev–Trinajstić information content (AvgIpc) is 2.42. The highest BCUT2D eigenvalue weighted by molar-refractivity contribution is 5.94. The predicted octanol–water partition coefficient (Wildman–Crippen LogP) is 2.54. The van der Waals surface area contributed by atoms with Crippen molar-refractivity contribution in [3.8, 4) is 0 Å². The van der Waals surface area contributed by atoms with Crippen LogP contribution in [0, 0.1) is 6.92 Å². The van der Waals surface area contributed by atoms with E-state index in [9.17, 15) is 14.4 Å². The van der Waals surface area contributed by atoms with Gasteiger partial charge in [0.15, 0.2) is 0 Å². The Balaban J connectivity index is 2.64. The van der Waals surface area contributed by atoms with Gasteiger partial charge in [-0.1, -0.05) is 13.0 Å². The van der Waals surface area contributed by atoms with E-state index in [-0.39, 0.29) is 24.7 Å². The molecule has 1 aromatic carbocycles. The third-order valence-corrected chi connectivity index (χ3v) is 2.91. The molecule has 2 amide bonds. The molecule has 0 fully saturated rings. The Morgan fingerprint density at radius 2 is 1.81 bits per heavy atom. The van der Waals surface area contributed by atoms with Crippen LogP contribution in [0.15, 0.2) is 18.2 Å². The zero-order chi connectivity index (χ0) is 15.8. The van der Waals surface area contributed by atoms with Crippen LogP contribution in [0.5, 0.6) is 0 Å². The number of hydrogen-bond donors (Lipinski definition) is 3. The number of rotatable bonds is 7. The zero-order valence-corrected chi connectivity index (χ0v) is 12.2. The van der Waals surface area contributed by atoms with Gasteiger partial charge in [-0.15, -0.1) is 0 Å². The van der Waals surface area contributed by atoms with Crippen LogP contribution < -0.4 is 10.6 Å². The second kappa shape index (κ2) is 8.04. The van der Waals surface area contributed by atoms with Crippen LogP contribution in [-0.4, -0.2) is 22.9 Å². The number of carboxylic acids is 1. The Bertz CT molecular complexity index is 540. The lowest BCUT2D eigenvalue weighted by Gasteiger charge is -2.11. The molecule has 1 rings (SSSR count). The highest BCUT2D eigenvalue weighted by atomic mass is 16.4. The average molecular weight is 292 g/mol. The summed E-state index contributed by atoms with van der Waals surface area (Å²) in [6.07, 6.45) is 0.799. The monoisotopic (exact) mass is 292 g/mol.